The van der Waals surface area contributed by atoms with Crippen molar-refractivity contribution in [3.05, 3.63) is 70.0 Å². The molecule has 0 bridgehead atoms. The monoisotopic (exact) mass is 499 g/mol. The van der Waals surface area contributed by atoms with Crippen LogP contribution in [0.4, 0.5) is 5.82 Å². The minimum absolute atomic E-state index is 0.0677. The molecule has 0 saturated carbocycles. The van der Waals surface area contributed by atoms with Gasteiger partial charge in [0.2, 0.25) is 5.88 Å². The number of benzene rings is 1. The zero-order chi connectivity index (χ0) is 26.6. The summed E-state index contributed by atoms with van der Waals surface area (Å²) in [5.41, 5.74) is 5.75. The fourth-order valence-corrected chi connectivity index (χ4v) is 4.80. The molecule has 2 aromatic heterocycles. The van der Waals surface area contributed by atoms with Crippen molar-refractivity contribution in [1.82, 2.24) is 14.8 Å². The Hall–Kier alpha value is -3.66. The number of nitrogens with one attached hydrogen (secondary N) is 1. The third kappa shape index (κ3) is 6.76. The number of rotatable bonds is 9. The Labute approximate surface area is 219 Å². The van der Waals surface area contributed by atoms with Crippen molar-refractivity contribution < 1.29 is 9.53 Å². The largest absolute Gasteiger partial charge is 0.477 e. The van der Waals surface area contributed by atoms with Gasteiger partial charge in [0.05, 0.1) is 23.9 Å². The standard InChI is InChI=1S/C30H37N5O2/c1-20(36)13-23(24-14-21(19-31)15-25(16-24)30(2,3)4)17-27-18-28(35(5)34-27)37-12-10-26-9-8-22-7-6-11-32-29(22)33-26/h8-9,14-16,18,23H,6-7,10-13,17H2,1-5H3,(H,32,33)/t23-/m1/s1. The molecular weight excluding hydrogens is 462 g/mol. The second kappa shape index (κ2) is 11.2. The van der Waals surface area contributed by atoms with E-state index >= 15 is 0 Å². The maximum Gasteiger partial charge on any atom is 0.211 e. The van der Waals surface area contributed by atoms with E-state index in [1.54, 1.807) is 11.6 Å². The van der Waals surface area contributed by atoms with Gasteiger partial charge in [0.15, 0.2) is 0 Å². The SMILES string of the molecule is CC(=O)C[C@H](Cc1cc(OCCc2ccc3c(n2)NCCC3)n(C)n1)c1cc(C#N)cc(C(C)(C)C)c1. The maximum absolute atomic E-state index is 12.2. The topological polar surface area (TPSA) is 92.8 Å². The van der Waals surface area contributed by atoms with Crippen LogP contribution in [-0.4, -0.2) is 33.7 Å². The van der Waals surface area contributed by atoms with Gasteiger partial charge in [-0.1, -0.05) is 32.9 Å². The highest BCUT2D eigenvalue weighted by molar-refractivity contribution is 5.76. The van der Waals surface area contributed by atoms with Gasteiger partial charge in [-0.05, 0) is 72.4 Å². The number of Topliss-reactive ketones (excluding diaryl/α,β-unsaturated/α-hetero) is 1. The molecule has 0 spiro atoms. The predicted octanol–water partition coefficient (Wildman–Crippen LogP) is 5.27. The minimum atomic E-state index is -0.0998. The Kier molecular flexibility index (Phi) is 7.97. The molecule has 0 fully saturated rings. The van der Waals surface area contributed by atoms with Gasteiger partial charge in [-0.25, -0.2) is 9.67 Å². The first-order valence-corrected chi connectivity index (χ1v) is 13.1. The molecular formula is C30H37N5O2. The molecule has 3 aromatic rings. The summed E-state index contributed by atoms with van der Waals surface area (Å²) >= 11 is 0. The number of ketones is 1. The number of aryl methyl sites for hydroxylation is 2. The number of aromatic nitrogens is 3. The van der Waals surface area contributed by atoms with Gasteiger partial charge >= 0.3 is 0 Å². The van der Waals surface area contributed by atoms with Crippen molar-refractivity contribution in [2.24, 2.45) is 7.05 Å². The lowest BCUT2D eigenvalue weighted by molar-refractivity contribution is -0.117. The van der Waals surface area contributed by atoms with Crippen LogP contribution in [0.3, 0.4) is 0 Å². The van der Waals surface area contributed by atoms with Crippen molar-refractivity contribution in [3.63, 3.8) is 0 Å². The van der Waals surface area contributed by atoms with Crippen molar-refractivity contribution >= 4 is 11.6 Å². The summed E-state index contributed by atoms with van der Waals surface area (Å²) in [7, 11) is 1.87. The molecule has 0 radical (unpaired) electrons. The predicted molar refractivity (Wildman–Crippen MR) is 145 cm³/mol. The summed E-state index contributed by atoms with van der Waals surface area (Å²) in [6, 6.07) is 14.5. The lowest BCUT2D eigenvalue weighted by atomic mass is 9.81. The fourth-order valence-electron chi connectivity index (χ4n) is 4.80. The summed E-state index contributed by atoms with van der Waals surface area (Å²) in [5.74, 6) is 1.73. The number of nitrogens with zero attached hydrogens (tertiary/aromatic N) is 4. The van der Waals surface area contributed by atoms with Crippen LogP contribution >= 0.6 is 0 Å². The average molecular weight is 500 g/mol. The molecule has 1 aliphatic heterocycles. The molecule has 7 heteroatoms. The zero-order valence-electron chi connectivity index (χ0n) is 22.6. The van der Waals surface area contributed by atoms with Crippen LogP contribution in [-0.2, 0) is 36.5 Å². The molecule has 1 N–H and O–H groups in total. The van der Waals surface area contributed by atoms with Gasteiger partial charge in [-0.3, -0.25) is 0 Å². The number of hydrogen-bond donors (Lipinski definition) is 1. The van der Waals surface area contributed by atoms with Gasteiger partial charge in [-0.2, -0.15) is 10.4 Å². The minimum Gasteiger partial charge on any atom is -0.477 e. The molecule has 4 rings (SSSR count). The molecule has 194 valence electrons. The van der Waals surface area contributed by atoms with E-state index in [4.69, 9.17) is 9.72 Å². The molecule has 0 amide bonds. The van der Waals surface area contributed by atoms with Crippen LogP contribution in [0.1, 0.15) is 80.1 Å². The summed E-state index contributed by atoms with van der Waals surface area (Å²) in [6.07, 6.45) is 3.91. The van der Waals surface area contributed by atoms with E-state index in [1.807, 2.05) is 25.2 Å². The van der Waals surface area contributed by atoms with Crippen LogP contribution in [0.25, 0.3) is 0 Å². The molecule has 1 aliphatic rings. The van der Waals surface area contributed by atoms with E-state index in [0.29, 0.717) is 37.3 Å². The summed E-state index contributed by atoms with van der Waals surface area (Å²) in [4.78, 5) is 16.9. The number of pyridine rings is 1. The number of carbonyl (C=O) groups excluding carboxylic acids is 1. The smallest absolute Gasteiger partial charge is 0.211 e. The number of hydrogen-bond acceptors (Lipinski definition) is 6. The van der Waals surface area contributed by atoms with Crippen molar-refractivity contribution in [2.75, 3.05) is 18.5 Å². The van der Waals surface area contributed by atoms with Crippen LogP contribution < -0.4 is 10.1 Å². The first-order chi connectivity index (χ1) is 17.6. The Balaban J connectivity index is 1.47. The van der Waals surface area contributed by atoms with Gasteiger partial charge < -0.3 is 14.8 Å². The number of ether oxygens (including phenoxy) is 1. The third-order valence-electron chi connectivity index (χ3n) is 6.86. The Bertz CT molecular complexity index is 1310. The third-order valence-corrected chi connectivity index (χ3v) is 6.86. The average Bonchev–Trinajstić information content (AvgIpc) is 3.21. The maximum atomic E-state index is 12.2. The van der Waals surface area contributed by atoms with Crippen molar-refractivity contribution in [3.8, 4) is 11.9 Å². The number of nitriles is 1. The van der Waals surface area contributed by atoms with Crippen molar-refractivity contribution in [2.45, 2.75) is 71.1 Å². The lowest BCUT2D eigenvalue weighted by Crippen LogP contribution is -2.14. The summed E-state index contributed by atoms with van der Waals surface area (Å²) < 4.78 is 7.81. The van der Waals surface area contributed by atoms with Gasteiger partial charge in [0.1, 0.15) is 11.6 Å². The normalized spacial score (nSPS) is 13.8. The summed E-state index contributed by atoms with van der Waals surface area (Å²) in [6.45, 7) is 9.48. The van der Waals surface area contributed by atoms with Crippen LogP contribution in [0.5, 0.6) is 5.88 Å². The molecule has 1 atom stereocenters. The number of fused-ring (bicyclic) bond motifs is 1. The number of carbonyl (C=O) groups is 1. The van der Waals surface area contributed by atoms with Gasteiger partial charge in [0, 0.05) is 38.2 Å². The second-order valence-corrected chi connectivity index (χ2v) is 11.0. The quantitative estimate of drug-likeness (QED) is 0.431. The van der Waals surface area contributed by atoms with E-state index in [9.17, 15) is 10.1 Å². The van der Waals surface area contributed by atoms with Crippen molar-refractivity contribution in [1.29, 1.82) is 5.26 Å². The van der Waals surface area contributed by atoms with Crippen LogP contribution in [0.15, 0.2) is 36.4 Å². The first kappa shape index (κ1) is 26.4. The first-order valence-electron chi connectivity index (χ1n) is 13.1. The van der Waals surface area contributed by atoms with Gasteiger partial charge in [-0.15, -0.1) is 0 Å². The highest BCUT2D eigenvalue weighted by atomic mass is 16.5. The van der Waals surface area contributed by atoms with Crippen LogP contribution in [0.2, 0.25) is 0 Å². The molecule has 3 heterocycles. The summed E-state index contributed by atoms with van der Waals surface area (Å²) in [5, 5.41) is 17.7. The zero-order valence-corrected chi connectivity index (χ0v) is 22.6. The van der Waals surface area contributed by atoms with E-state index < -0.39 is 0 Å². The van der Waals surface area contributed by atoms with E-state index in [0.717, 1.165) is 47.7 Å². The van der Waals surface area contributed by atoms with Gasteiger partial charge in [0.25, 0.3) is 0 Å². The van der Waals surface area contributed by atoms with E-state index in [-0.39, 0.29) is 17.1 Å². The highest BCUT2D eigenvalue weighted by Gasteiger charge is 2.22. The fraction of sp³-hybridized carbons (Fsp3) is 0.467. The highest BCUT2D eigenvalue weighted by Crippen LogP contribution is 2.31. The van der Waals surface area contributed by atoms with E-state index in [2.05, 4.69) is 55.5 Å². The molecule has 1 aromatic carbocycles. The molecule has 0 unspecified atom stereocenters. The Morgan fingerprint density at radius 3 is 2.76 bits per heavy atom. The Morgan fingerprint density at radius 2 is 2.03 bits per heavy atom. The van der Waals surface area contributed by atoms with Crippen LogP contribution in [0, 0.1) is 11.3 Å². The molecule has 0 aliphatic carbocycles. The second-order valence-electron chi connectivity index (χ2n) is 11.0. The molecule has 37 heavy (non-hydrogen) atoms. The lowest BCUT2D eigenvalue weighted by Gasteiger charge is -2.23. The number of anilines is 1. The molecule has 0 saturated heterocycles. The Morgan fingerprint density at radius 1 is 1.22 bits per heavy atom. The van der Waals surface area contributed by atoms with E-state index in [1.165, 1.54) is 5.56 Å². The molecule has 7 nitrogen and oxygen atoms in total.